The van der Waals surface area contributed by atoms with Crippen LogP contribution in [0.3, 0.4) is 0 Å². The van der Waals surface area contributed by atoms with Crippen LogP contribution in [-0.2, 0) is 9.59 Å². The Balaban J connectivity index is 1.46. The molecule has 0 unspecified atom stereocenters. The van der Waals surface area contributed by atoms with Crippen LogP contribution in [0, 0.1) is 13.8 Å². The number of imide groups is 1. The molecule has 1 N–H and O–H groups in total. The smallest absolute Gasteiger partial charge is 0.343 e. The summed E-state index contributed by atoms with van der Waals surface area (Å²) in [5.74, 6) is -0.762. The van der Waals surface area contributed by atoms with E-state index in [0.717, 1.165) is 43.2 Å². The second-order valence-electron chi connectivity index (χ2n) is 8.27. The van der Waals surface area contributed by atoms with Crippen LogP contribution in [-0.4, -0.2) is 28.7 Å². The van der Waals surface area contributed by atoms with Gasteiger partial charge in [0.1, 0.15) is 16.5 Å². The van der Waals surface area contributed by atoms with Crippen molar-refractivity contribution in [1.29, 1.82) is 0 Å². The first-order valence-corrected chi connectivity index (χ1v) is 11.2. The van der Waals surface area contributed by atoms with E-state index in [1.54, 1.807) is 24.3 Å². The number of para-hydroxylation sites is 1. The van der Waals surface area contributed by atoms with Crippen molar-refractivity contribution < 1.29 is 19.1 Å². The van der Waals surface area contributed by atoms with E-state index < -0.39 is 17.8 Å². The molecule has 6 nitrogen and oxygen atoms in total. The lowest BCUT2D eigenvalue weighted by Gasteiger charge is -2.29. The molecule has 0 aromatic heterocycles. The summed E-state index contributed by atoms with van der Waals surface area (Å²) in [6, 6.07) is 12.1. The predicted molar refractivity (Wildman–Crippen MR) is 123 cm³/mol. The second-order valence-corrected chi connectivity index (χ2v) is 8.65. The van der Waals surface area contributed by atoms with Gasteiger partial charge in [0.15, 0.2) is 0 Å². The highest BCUT2D eigenvalue weighted by Gasteiger charge is 2.42. The normalized spacial score (nSPS) is 17.2. The van der Waals surface area contributed by atoms with Crippen molar-refractivity contribution in [2.24, 2.45) is 0 Å². The van der Waals surface area contributed by atoms with E-state index in [4.69, 9.17) is 16.3 Å². The molecule has 7 heteroatoms. The lowest BCUT2D eigenvalue weighted by atomic mass is 9.94. The van der Waals surface area contributed by atoms with Gasteiger partial charge in [0.25, 0.3) is 11.8 Å². The van der Waals surface area contributed by atoms with Crippen LogP contribution in [0.25, 0.3) is 0 Å². The number of benzene rings is 2. The number of carbonyl (C=O) groups is 3. The Morgan fingerprint density at radius 1 is 0.969 bits per heavy atom. The molecule has 0 radical (unpaired) electrons. The third kappa shape index (κ3) is 4.28. The highest BCUT2D eigenvalue weighted by Crippen LogP contribution is 2.32. The third-order valence-corrected chi connectivity index (χ3v) is 6.34. The van der Waals surface area contributed by atoms with Crippen molar-refractivity contribution in [2.75, 3.05) is 5.32 Å². The molecule has 2 aromatic carbocycles. The van der Waals surface area contributed by atoms with Gasteiger partial charge in [0, 0.05) is 11.7 Å². The molecule has 0 spiro atoms. The maximum Gasteiger partial charge on any atom is 0.343 e. The molecule has 166 valence electrons. The van der Waals surface area contributed by atoms with Crippen LogP contribution in [0.15, 0.2) is 53.2 Å². The molecule has 2 aromatic rings. The van der Waals surface area contributed by atoms with E-state index in [-0.39, 0.29) is 16.8 Å². The monoisotopic (exact) mass is 452 g/mol. The number of anilines is 1. The predicted octanol–water partition coefficient (Wildman–Crippen LogP) is 5.09. The first-order chi connectivity index (χ1) is 15.4. The number of aryl methyl sites for hydroxylation is 2. The molecule has 0 saturated heterocycles. The van der Waals surface area contributed by atoms with E-state index in [0.29, 0.717) is 17.0 Å². The first kappa shape index (κ1) is 22.1. The molecule has 0 bridgehead atoms. The van der Waals surface area contributed by atoms with Crippen LogP contribution in [0.1, 0.15) is 53.6 Å². The Hall–Kier alpha value is -3.12. The van der Waals surface area contributed by atoms with Crippen molar-refractivity contribution >= 4 is 35.1 Å². The Kier molecular flexibility index (Phi) is 6.33. The molecule has 1 aliphatic carbocycles. The number of nitrogens with one attached hydrogen (secondary N) is 1. The number of carbonyl (C=O) groups excluding carboxylic acids is 3. The fraction of sp³-hybridized carbons (Fsp3) is 0.320. The number of halogens is 1. The van der Waals surface area contributed by atoms with E-state index in [1.165, 1.54) is 4.90 Å². The zero-order valence-corrected chi connectivity index (χ0v) is 18.9. The number of rotatable bonds is 5. The standard InChI is InChI=1S/C25H25ClN2O4/c1-15-7-6-8-16(2)22(15)32-25(31)17-11-13-18(14-12-17)27-21-20(26)23(29)28(24(21)30)19-9-4-3-5-10-19/h6-8,11-14,19,27H,3-5,9-10H2,1-2H3. The molecule has 1 fully saturated rings. The fourth-order valence-corrected chi connectivity index (χ4v) is 4.46. The highest BCUT2D eigenvalue weighted by molar-refractivity contribution is 6.48. The Labute approximate surface area is 192 Å². The summed E-state index contributed by atoms with van der Waals surface area (Å²) in [5, 5.41) is 2.86. The van der Waals surface area contributed by atoms with Crippen LogP contribution in [0.2, 0.25) is 0 Å². The van der Waals surface area contributed by atoms with Gasteiger partial charge in [-0.3, -0.25) is 14.5 Å². The maximum absolute atomic E-state index is 12.9. The number of hydrogen-bond acceptors (Lipinski definition) is 5. The van der Waals surface area contributed by atoms with Gasteiger partial charge in [-0.15, -0.1) is 0 Å². The summed E-state index contributed by atoms with van der Waals surface area (Å²) in [6.45, 7) is 3.77. The lowest BCUT2D eigenvalue weighted by molar-refractivity contribution is -0.140. The van der Waals surface area contributed by atoms with Crippen molar-refractivity contribution in [3.8, 4) is 5.75 Å². The number of esters is 1. The molecule has 2 aliphatic rings. The van der Waals surface area contributed by atoms with E-state index in [9.17, 15) is 14.4 Å². The quantitative estimate of drug-likeness (QED) is 0.388. The van der Waals surface area contributed by atoms with E-state index >= 15 is 0 Å². The SMILES string of the molecule is Cc1cccc(C)c1OC(=O)c1ccc(NC2=C(Cl)C(=O)N(C3CCCCC3)C2=O)cc1. The molecule has 1 heterocycles. The van der Waals surface area contributed by atoms with Crippen molar-refractivity contribution in [2.45, 2.75) is 52.0 Å². The average molecular weight is 453 g/mol. The van der Waals surface area contributed by atoms with Crippen molar-refractivity contribution in [1.82, 2.24) is 4.90 Å². The van der Waals surface area contributed by atoms with Crippen molar-refractivity contribution in [3.05, 3.63) is 69.9 Å². The third-order valence-electron chi connectivity index (χ3n) is 5.99. The summed E-state index contributed by atoms with van der Waals surface area (Å²) in [5.41, 5.74) is 2.76. The summed E-state index contributed by atoms with van der Waals surface area (Å²) in [6.07, 6.45) is 4.75. The fourth-order valence-electron chi connectivity index (χ4n) is 4.24. The minimum atomic E-state index is -0.471. The van der Waals surface area contributed by atoms with Crippen LogP contribution in [0.4, 0.5) is 5.69 Å². The maximum atomic E-state index is 12.9. The summed E-state index contributed by atoms with van der Waals surface area (Å²) >= 11 is 6.22. The van der Waals surface area contributed by atoms with Gasteiger partial charge in [-0.1, -0.05) is 49.1 Å². The zero-order chi connectivity index (χ0) is 22.8. The second kappa shape index (κ2) is 9.17. The molecule has 1 aliphatic heterocycles. The Morgan fingerprint density at radius 3 is 2.22 bits per heavy atom. The number of amides is 2. The van der Waals surface area contributed by atoms with E-state index in [1.807, 2.05) is 32.0 Å². The van der Waals surface area contributed by atoms with Crippen molar-refractivity contribution in [3.63, 3.8) is 0 Å². The van der Waals surface area contributed by atoms with Crippen LogP contribution >= 0.6 is 11.6 Å². The number of ether oxygens (including phenoxy) is 1. The van der Waals surface area contributed by atoms with Gasteiger partial charge in [-0.2, -0.15) is 0 Å². The largest absolute Gasteiger partial charge is 0.422 e. The van der Waals surface area contributed by atoms with Gasteiger partial charge in [0.05, 0.1) is 5.56 Å². The summed E-state index contributed by atoms with van der Waals surface area (Å²) in [4.78, 5) is 39.4. The molecule has 4 rings (SSSR count). The Bertz CT molecular complexity index is 1080. The number of nitrogens with zero attached hydrogens (tertiary/aromatic N) is 1. The zero-order valence-electron chi connectivity index (χ0n) is 18.1. The minimum Gasteiger partial charge on any atom is -0.422 e. The molecule has 32 heavy (non-hydrogen) atoms. The van der Waals surface area contributed by atoms with Gasteiger partial charge in [-0.05, 0) is 62.1 Å². The van der Waals surface area contributed by atoms with Crippen LogP contribution in [0.5, 0.6) is 5.75 Å². The molecular formula is C25H25ClN2O4. The highest BCUT2D eigenvalue weighted by atomic mass is 35.5. The van der Waals surface area contributed by atoms with Crippen LogP contribution < -0.4 is 10.1 Å². The molecule has 2 amide bonds. The molecule has 1 saturated carbocycles. The first-order valence-electron chi connectivity index (χ1n) is 10.8. The minimum absolute atomic E-state index is 0.0769. The van der Waals surface area contributed by atoms with E-state index in [2.05, 4.69) is 5.32 Å². The molecular weight excluding hydrogens is 428 g/mol. The Morgan fingerprint density at radius 2 is 1.59 bits per heavy atom. The summed E-state index contributed by atoms with van der Waals surface area (Å²) < 4.78 is 5.57. The average Bonchev–Trinajstić information content (AvgIpc) is 3.00. The van der Waals surface area contributed by atoms with Gasteiger partial charge < -0.3 is 10.1 Å². The molecule has 0 atom stereocenters. The lowest BCUT2D eigenvalue weighted by Crippen LogP contribution is -2.42. The van der Waals surface area contributed by atoms with Gasteiger partial charge >= 0.3 is 5.97 Å². The van der Waals surface area contributed by atoms with Gasteiger partial charge in [-0.25, -0.2) is 4.79 Å². The topological polar surface area (TPSA) is 75.7 Å². The van der Waals surface area contributed by atoms with Gasteiger partial charge in [0.2, 0.25) is 0 Å². The summed E-state index contributed by atoms with van der Waals surface area (Å²) in [7, 11) is 0. The number of hydrogen-bond donors (Lipinski definition) is 1.